The molecule has 1 unspecified atom stereocenters. The zero-order valence-corrected chi connectivity index (χ0v) is 12.4. The van der Waals surface area contributed by atoms with E-state index in [0.29, 0.717) is 11.8 Å². The Kier molecular flexibility index (Phi) is 4.65. The lowest BCUT2D eigenvalue weighted by molar-refractivity contribution is 0.346. The molecule has 1 fully saturated rings. The Labute approximate surface area is 125 Å². The molecular weight excluding hydrogens is 262 g/mol. The second kappa shape index (κ2) is 6.85. The van der Waals surface area contributed by atoms with Crippen LogP contribution in [-0.2, 0) is 6.42 Å². The second-order valence-corrected chi connectivity index (χ2v) is 5.98. The van der Waals surface area contributed by atoms with Gasteiger partial charge in [0.25, 0.3) is 0 Å². The van der Waals surface area contributed by atoms with Crippen LogP contribution in [0, 0.1) is 0 Å². The zero-order valence-electron chi connectivity index (χ0n) is 12.4. The molecular formula is C17H23N3O. The molecule has 1 aliphatic rings. The molecule has 112 valence electrons. The molecule has 1 aliphatic carbocycles. The van der Waals surface area contributed by atoms with Gasteiger partial charge in [-0.2, -0.15) is 4.98 Å². The fourth-order valence-electron chi connectivity index (χ4n) is 3.06. The first-order valence-corrected chi connectivity index (χ1v) is 7.96. The number of nitrogens with two attached hydrogens (primary N) is 1. The van der Waals surface area contributed by atoms with Crippen LogP contribution in [0.2, 0.25) is 0 Å². The summed E-state index contributed by atoms with van der Waals surface area (Å²) in [5.74, 6) is 1.88. The first-order chi connectivity index (χ1) is 10.3. The normalized spacial score (nSPS) is 18.3. The lowest BCUT2D eigenvalue weighted by atomic mass is 10.00. The first-order valence-electron chi connectivity index (χ1n) is 7.96. The quantitative estimate of drug-likeness (QED) is 0.869. The highest BCUT2D eigenvalue weighted by Crippen LogP contribution is 2.30. The van der Waals surface area contributed by atoms with Crippen molar-refractivity contribution in [3.63, 3.8) is 0 Å². The van der Waals surface area contributed by atoms with Crippen LogP contribution in [0.4, 0.5) is 0 Å². The van der Waals surface area contributed by atoms with Crippen LogP contribution in [0.25, 0.3) is 0 Å². The largest absolute Gasteiger partial charge is 0.338 e. The van der Waals surface area contributed by atoms with Gasteiger partial charge in [0.1, 0.15) is 0 Å². The van der Waals surface area contributed by atoms with E-state index in [0.717, 1.165) is 12.2 Å². The van der Waals surface area contributed by atoms with Gasteiger partial charge in [-0.25, -0.2) is 0 Å². The Bertz CT molecular complexity index is 544. The van der Waals surface area contributed by atoms with Gasteiger partial charge in [-0.1, -0.05) is 61.2 Å². The lowest BCUT2D eigenvalue weighted by Gasteiger charge is -2.08. The molecule has 3 rings (SSSR count). The van der Waals surface area contributed by atoms with Crippen molar-refractivity contribution in [2.24, 2.45) is 5.73 Å². The van der Waals surface area contributed by atoms with Crippen molar-refractivity contribution < 1.29 is 4.52 Å². The van der Waals surface area contributed by atoms with Gasteiger partial charge >= 0.3 is 0 Å². The van der Waals surface area contributed by atoms with Crippen molar-refractivity contribution in [3.05, 3.63) is 47.6 Å². The molecule has 1 aromatic carbocycles. The average molecular weight is 285 g/mol. The van der Waals surface area contributed by atoms with Gasteiger partial charge in [0, 0.05) is 5.92 Å². The van der Waals surface area contributed by atoms with Crippen LogP contribution >= 0.6 is 0 Å². The topological polar surface area (TPSA) is 64.9 Å². The van der Waals surface area contributed by atoms with Crippen molar-refractivity contribution in [1.82, 2.24) is 10.1 Å². The van der Waals surface area contributed by atoms with E-state index < -0.39 is 0 Å². The van der Waals surface area contributed by atoms with Gasteiger partial charge in [-0.15, -0.1) is 0 Å². The minimum absolute atomic E-state index is 0.223. The molecule has 1 aromatic heterocycles. The number of nitrogens with zero attached hydrogens (tertiary/aromatic N) is 2. The van der Waals surface area contributed by atoms with E-state index >= 15 is 0 Å². The van der Waals surface area contributed by atoms with Gasteiger partial charge in [-0.3, -0.25) is 0 Å². The highest BCUT2D eigenvalue weighted by atomic mass is 16.5. The third-order valence-electron chi connectivity index (χ3n) is 4.29. The molecule has 0 amide bonds. The summed E-state index contributed by atoms with van der Waals surface area (Å²) in [7, 11) is 0. The Balaban J connectivity index is 1.66. The molecule has 1 atom stereocenters. The summed E-state index contributed by atoms with van der Waals surface area (Å²) in [6.07, 6.45) is 8.27. The van der Waals surface area contributed by atoms with E-state index in [-0.39, 0.29) is 6.04 Å². The fourth-order valence-corrected chi connectivity index (χ4v) is 3.06. The Morgan fingerprint density at radius 3 is 2.52 bits per heavy atom. The van der Waals surface area contributed by atoms with Crippen LogP contribution in [0.1, 0.15) is 67.8 Å². The monoisotopic (exact) mass is 285 g/mol. The number of aromatic nitrogens is 2. The van der Waals surface area contributed by atoms with E-state index in [1.165, 1.54) is 44.1 Å². The van der Waals surface area contributed by atoms with Gasteiger partial charge in [-0.05, 0) is 24.8 Å². The molecule has 0 radical (unpaired) electrons. The predicted molar refractivity (Wildman–Crippen MR) is 81.8 cm³/mol. The number of hydrogen-bond donors (Lipinski definition) is 1. The number of hydrogen-bond acceptors (Lipinski definition) is 4. The molecule has 4 heteroatoms. The fraction of sp³-hybridized carbons (Fsp3) is 0.529. The van der Waals surface area contributed by atoms with E-state index in [1.54, 1.807) is 0 Å². The molecule has 21 heavy (non-hydrogen) atoms. The van der Waals surface area contributed by atoms with Crippen LogP contribution in [0.15, 0.2) is 34.9 Å². The van der Waals surface area contributed by atoms with Crippen molar-refractivity contribution in [2.45, 2.75) is 56.9 Å². The third-order valence-corrected chi connectivity index (χ3v) is 4.29. The van der Waals surface area contributed by atoms with Crippen LogP contribution < -0.4 is 5.73 Å². The average Bonchev–Trinajstić information content (AvgIpc) is 2.85. The van der Waals surface area contributed by atoms with Crippen LogP contribution in [0.3, 0.4) is 0 Å². The number of benzene rings is 1. The summed E-state index contributed by atoms with van der Waals surface area (Å²) >= 11 is 0. The maximum atomic E-state index is 6.20. The van der Waals surface area contributed by atoms with Gasteiger partial charge in [0.05, 0.1) is 6.04 Å². The summed E-state index contributed by atoms with van der Waals surface area (Å²) in [5.41, 5.74) is 7.40. The molecule has 1 saturated carbocycles. The van der Waals surface area contributed by atoms with E-state index in [4.69, 9.17) is 10.3 Å². The lowest BCUT2D eigenvalue weighted by Crippen LogP contribution is -2.14. The summed E-state index contributed by atoms with van der Waals surface area (Å²) in [6, 6.07) is 9.97. The highest BCUT2D eigenvalue weighted by molar-refractivity contribution is 5.16. The van der Waals surface area contributed by atoms with E-state index in [9.17, 15) is 0 Å². The molecule has 0 aliphatic heterocycles. The van der Waals surface area contributed by atoms with Crippen LogP contribution in [0.5, 0.6) is 0 Å². The minimum atomic E-state index is -0.223. The van der Waals surface area contributed by atoms with Gasteiger partial charge < -0.3 is 10.3 Å². The summed E-state index contributed by atoms with van der Waals surface area (Å²) in [5, 5.41) is 4.18. The Morgan fingerprint density at radius 1 is 1.10 bits per heavy atom. The zero-order chi connectivity index (χ0) is 14.5. The van der Waals surface area contributed by atoms with Crippen molar-refractivity contribution >= 4 is 0 Å². The van der Waals surface area contributed by atoms with E-state index in [2.05, 4.69) is 22.3 Å². The molecule has 4 nitrogen and oxygen atoms in total. The highest BCUT2D eigenvalue weighted by Gasteiger charge is 2.22. The smallest absolute Gasteiger partial charge is 0.243 e. The number of rotatable bonds is 4. The molecule has 0 bridgehead atoms. The Hall–Kier alpha value is -1.68. The van der Waals surface area contributed by atoms with Gasteiger partial charge in [0.2, 0.25) is 5.89 Å². The van der Waals surface area contributed by atoms with Gasteiger partial charge in [0.15, 0.2) is 5.82 Å². The predicted octanol–water partition coefficient (Wildman–Crippen LogP) is 3.75. The SMILES string of the molecule is NC(Cc1ccccc1)c1nc(C2CCCCCC2)no1. The summed E-state index contributed by atoms with van der Waals surface area (Å²) in [4.78, 5) is 4.57. The summed E-state index contributed by atoms with van der Waals surface area (Å²) < 4.78 is 5.41. The first kappa shape index (κ1) is 14.3. The Morgan fingerprint density at radius 2 is 1.81 bits per heavy atom. The van der Waals surface area contributed by atoms with E-state index in [1.807, 2.05) is 18.2 Å². The van der Waals surface area contributed by atoms with Crippen molar-refractivity contribution in [1.29, 1.82) is 0 Å². The molecule has 0 saturated heterocycles. The third kappa shape index (κ3) is 3.70. The second-order valence-electron chi connectivity index (χ2n) is 5.98. The maximum Gasteiger partial charge on any atom is 0.243 e. The van der Waals surface area contributed by atoms with Crippen molar-refractivity contribution in [2.75, 3.05) is 0 Å². The molecule has 2 aromatic rings. The van der Waals surface area contributed by atoms with Crippen molar-refractivity contribution in [3.8, 4) is 0 Å². The standard InChI is InChI=1S/C17H23N3O/c18-15(12-13-8-4-3-5-9-13)17-19-16(20-21-17)14-10-6-1-2-7-11-14/h3-5,8-9,14-15H,1-2,6-7,10-12,18H2. The molecule has 0 spiro atoms. The minimum Gasteiger partial charge on any atom is -0.338 e. The maximum absolute atomic E-state index is 6.20. The molecule has 1 heterocycles. The summed E-state index contributed by atoms with van der Waals surface area (Å²) in [6.45, 7) is 0. The van der Waals surface area contributed by atoms with Crippen LogP contribution in [-0.4, -0.2) is 10.1 Å². The molecule has 2 N–H and O–H groups in total.